The molecule has 1 aromatic carbocycles. The number of benzene rings is 1. The highest BCUT2D eigenvalue weighted by Crippen LogP contribution is 2.19. The van der Waals surface area contributed by atoms with Crippen LogP contribution in [0.4, 0.5) is 10.1 Å². The molecule has 6 heteroatoms. The van der Waals surface area contributed by atoms with Crippen LogP contribution in [-0.2, 0) is 9.53 Å². The second kappa shape index (κ2) is 6.88. The van der Waals surface area contributed by atoms with Gasteiger partial charge in [-0.3, -0.25) is 4.79 Å². The van der Waals surface area contributed by atoms with E-state index in [0.717, 1.165) is 6.07 Å². The molecule has 0 aromatic heterocycles. The number of rotatable bonds is 6. The van der Waals surface area contributed by atoms with Gasteiger partial charge in [0.15, 0.2) is 0 Å². The van der Waals surface area contributed by atoms with Crippen LogP contribution in [0.3, 0.4) is 0 Å². The number of hydrogen-bond acceptors (Lipinski definition) is 4. The molecule has 0 unspecified atom stereocenters. The van der Waals surface area contributed by atoms with Crippen LogP contribution in [0.25, 0.3) is 0 Å². The third-order valence-electron chi connectivity index (χ3n) is 2.74. The van der Waals surface area contributed by atoms with Gasteiger partial charge in [0.1, 0.15) is 18.0 Å². The molecule has 21 heavy (non-hydrogen) atoms. The molecule has 0 radical (unpaired) electrons. The first-order valence-electron chi connectivity index (χ1n) is 6.39. The Kier molecular flexibility index (Phi) is 5.46. The van der Waals surface area contributed by atoms with E-state index in [4.69, 9.17) is 4.74 Å². The second-order valence-corrected chi connectivity index (χ2v) is 4.91. The molecule has 5 nitrogen and oxygen atoms in total. The fourth-order valence-corrected chi connectivity index (χ4v) is 1.64. The van der Waals surface area contributed by atoms with Crippen molar-refractivity contribution in [3.05, 3.63) is 42.2 Å². The van der Waals surface area contributed by atoms with Crippen LogP contribution >= 0.6 is 0 Å². The molecule has 2 N–H and O–H groups in total. The Morgan fingerprint density at radius 3 is 2.62 bits per heavy atom. The van der Waals surface area contributed by atoms with Crippen LogP contribution < -0.4 is 10.6 Å². The van der Waals surface area contributed by atoms with Crippen LogP contribution in [-0.4, -0.2) is 31.1 Å². The molecule has 1 amide bonds. The molecule has 1 rings (SSSR count). The molecule has 0 saturated heterocycles. The van der Waals surface area contributed by atoms with E-state index in [9.17, 15) is 14.0 Å². The number of carbonyl (C=O) groups excluding carboxylic acids is 2. The van der Waals surface area contributed by atoms with Gasteiger partial charge in [0, 0.05) is 12.7 Å². The Balaban J connectivity index is 2.88. The Hall–Kier alpha value is -2.37. The predicted molar refractivity (Wildman–Crippen MR) is 78.6 cm³/mol. The molecule has 1 aromatic rings. The first kappa shape index (κ1) is 16.7. The maximum absolute atomic E-state index is 13.8. The first-order valence-corrected chi connectivity index (χ1v) is 6.39. The predicted octanol–water partition coefficient (Wildman–Crippen LogP) is 2.10. The summed E-state index contributed by atoms with van der Waals surface area (Å²) in [5.74, 6) is -1.67. The van der Waals surface area contributed by atoms with Crippen molar-refractivity contribution in [2.75, 3.05) is 19.0 Å². The van der Waals surface area contributed by atoms with Crippen molar-refractivity contribution < 1.29 is 18.7 Å². The first-order chi connectivity index (χ1) is 9.81. The van der Waals surface area contributed by atoms with Gasteiger partial charge < -0.3 is 15.4 Å². The third kappa shape index (κ3) is 4.30. The number of carbonyl (C=O) groups is 2. The third-order valence-corrected chi connectivity index (χ3v) is 2.74. The Bertz CT molecular complexity index is 556. The molecular weight excluding hydrogens is 275 g/mol. The molecule has 114 valence electrons. The lowest BCUT2D eigenvalue weighted by Gasteiger charge is -2.25. The highest BCUT2D eigenvalue weighted by atomic mass is 19.1. The zero-order valence-corrected chi connectivity index (χ0v) is 12.3. The summed E-state index contributed by atoms with van der Waals surface area (Å²) in [5.41, 5.74) is -0.722. The van der Waals surface area contributed by atoms with Crippen molar-refractivity contribution in [2.45, 2.75) is 19.4 Å². The van der Waals surface area contributed by atoms with Crippen molar-refractivity contribution in [1.29, 1.82) is 0 Å². The average molecular weight is 294 g/mol. The summed E-state index contributed by atoms with van der Waals surface area (Å²) in [6, 6.07) is 4.03. The number of esters is 1. The molecule has 0 saturated carbocycles. The van der Waals surface area contributed by atoms with Crippen LogP contribution in [0.2, 0.25) is 0 Å². The zero-order chi connectivity index (χ0) is 16.0. The highest BCUT2D eigenvalue weighted by Gasteiger charge is 2.29. The van der Waals surface area contributed by atoms with Crippen molar-refractivity contribution >= 4 is 17.6 Å². The number of ether oxygens (including phenoxy) is 1. The summed E-state index contributed by atoms with van der Waals surface area (Å²) in [6.45, 7) is 6.79. The Morgan fingerprint density at radius 2 is 2.10 bits per heavy atom. The van der Waals surface area contributed by atoms with E-state index in [2.05, 4.69) is 17.2 Å². The monoisotopic (exact) mass is 294 g/mol. The van der Waals surface area contributed by atoms with Crippen molar-refractivity contribution in [1.82, 2.24) is 5.32 Å². The minimum atomic E-state index is -1.04. The van der Waals surface area contributed by atoms with E-state index in [1.54, 1.807) is 13.8 Å². The summed E-state index contributed by atoms with van der Waals surface area (Å²) in [6.07, 6.45) is 1.46. The van der Waals surface area contributed by atoms with Gasteiger partial charge in [0.2, 0.25) is 0 Å². The topological polar surface area (TPSA) is 67.4 Å². The second-order valence-electron chi connectivity index (χ2n) is 4.91. The average Bonchev–Trinajstić information content (AvgIpc) is 2.43. The number of amides is 1. The molecule has 0 aliphatic carbocycles. The largest absolute Gasteiger partial charge is 0.460 e. The quantitative estimate of drug-likeness (QED) is 0.623. The van der Waals surface area contributed by atoms with Gasteiger partial charge in [-0.2, -0.15) is 0 Å². The standard InChI is InChI=1S/C15H19FN2O3/c1-5-8-21-14(20)15(2,3)18-10-6-7-11(12(16)9-10)13(19)17-4/h5-7,9,18H,1,8H2,2-4H3,(H,17,19). The molecule has 0 bridgehead atoms. The van der Waals surface area contributed by atoms with Crippen LogP contribution in [0.1, 0.15) is 24.2 Å². The normalized spacial score (nSPS) is 10.7. The number of hydrogen-bond donors (Lipinski definition) is 2. The van der Waals surface area contributed by atoms with Gasteiger partial charge in [-0.1, -0.05) is 12.7 Å². The van der Waals surface area contributed by atoms with E-state index in [1.165, 1.54) is 25.3 Å². The lowest BCUT2D eigenvalue weighted by molar-refractivity contribution is -0.146. The van der Waals surface area contributed by atoms with Gasteiger partial charge in [-0.25, -0.2) is 9.18 Å². The van der Waals surface area contributed by atoms with Crippen LogP contribution in [0.15, 0.2) is 30.9 Å². The maximum atomic E-state index is 13.8. The minimum absolute atomic E-state index is 0.0601. The van der Waals surface area contributed by atoms with E-state index in [-0.39, 0.29) is 12.2 Å². The van der Waals surface area contributed by atoms with Crippen molar-refractivity contribution in [3.8, 4) is 0 Å². The minimum Gasteiger partial charge on any atom is -0.460 e. The summed E-state index contributed by atoms with van der Waals surface area (Å²) >= 11 is 0. The van der Waals surface area contributed by atoms with E-state index in [1.807, 2.05) is 0 Å². The summed E-state index contributed by atoms with van der Waals surface area (Å²) in [4.78, 5) is 23.2. The molecule has 0 spiro atoms. The van der Waals surface area contributed by atoms with Gasteiger partial charge in [-0.05, 0) is 32.0 Å². The maximum Gasteiger partial charge on any atom is 0.331 e. The molecule has 0 atom stereocenters. The molecule has 0 fully saturated rings. The van der Waals surface area contributed by atoms with E-state index < -0.39 is 23.2 Å². The van der Waals surface area contributed by atoms with E-state index >= 15 is 0 Å². The summed E-state index contributed by atoms with van der Waals surface area (Å²) < 4.78 is 18.8. The lowest BCUT2D eigenvalue weighted by Crippen LogP contribution is -2.41. The van der Waals surface area contributed by atoms with Crippen molar-refractivity contribution in [3.63, 3.8) is 0 Å². The zero-order valence-electron chi connectivity index (χ0n) is 12.3. The van der Waals surface area contributed by atoms with Gasteiger partial charge in [-0.15, -0.1) is 0 Å². The SMILES string of the molecule is C=CCOC(=O)C(C)(C)Nc1ccc(C(=O)NC)c(F)c1. The smallest absolute Gasteiger partial charge is 0.331 e. The van der Waals surface area contributed by atoms with E-state index in [0.29, 0.717) is 5.69 Å². The Labute approximate surface area is 123 Å². The number of anilines is 1. The number of nitrogens with one attached hydrogen (secondary N) is 2. The van der Waals surface area contributed by atoms with Crippen molar-refractivity contribution in [2.24, 2.45) is 0 Å². The fraction of sp³-hybridized carbons (Fsp3) is 0.333. The summed E-state index contributed by atoms with van der Waals surface area (Å²) in [7, 11) is 1.42. The molecule has 0 aliphatic rings. The fourth-order valence-electron chi connectivity index (χ4n) is 1.64. The van der Waals surface area contributed by atoms with Gasteiger partial charge in [0.25, 0.3) is 5.91 Å². The lowest BCUT2D eigenvalue weighted by atomic mass is 10.0. The van der Waals surface area contributed by atoms with Crippen LogP contribution in [0, 0.1) is 5.82 Å². The Morgan fingerprint density at radius 1 is 1.43 bits per heavy atom. The molecular formula is C15H19FN2O3. The molecule has 0 heterocycles. The van der Waals surface area contributed by atoms with Gasteiger partial charge in [0.05, 0.1) is 5.56 Å². The van der Waals surface area contributed by atoms with Crippen LogP contribution in [0.5, 0.6) is 0 Å². The molecule has 0 aliphatic heterocycles. The number of halogens is 1. The van der Waals surface area contributed by atoms with Gasteiger partial charge >= 0.3 is 5.97 Å². The highest BCUT2D eigenvalue weighted by molar-refractivity contribution is 5.94. The summed E-state index contributed by atoms with van der Waals surface area (Å²) in [5, 5.41) is 5.22.